The summed E-state index contributed by atoms with van der Waals surface area (Å²) in [4.78, 5) is 0. The van der Waals surface area contributed by atoms with Crippen LogP contribution in [0.4, 0.5) is 0 Å². The molecule has 2 unspecified atom stereocenters. The van der Waals surface area contributed by atoms with Gasteiger partial charge in [0.05, 0.1) is 12.6 Å². The van der Waals surface area contributed by atoms with Gasteiger partial charge in [0.25, 0.3) is 0 Å². The first-order chi connectivity index (χ1) is 7.04. The topological polar surface area (TPSA) is 45.4 Å². The van der Waals surface area contributed by atoms with Gasteiger partial charge in [-0.2, -0.15) is 0 Å². The highest BCUT2D eigenvalue weighted by molar-refractivity contribution is 5.09. The molecule has 1 aromatic heterocycles. The summed E-state index contributed by atoms with van der Waals surface area (Å²) in [5, 5.41) is 12.6. The molecule has 2 N–H and O–H groups in total. The van der Waals surface area contributed by atoms with Crippen LogP contribution in [0, 0.1) is 12.8 Å². The second kappa shape index (κ2) is 5.33. The Hall–Kier alpha value is -0.800. The Morgan fingerprint density at radius 3 is 2.40 bits per heavy atom. The molecule has 1 rings (SSSR count). The molecule has 15 heavy (non-hydrogen) atoms. The number of aliphatic hydroxyl groups is 1. The van der Waals surface area contributed by atoms with Crippen LogP contribution >= 0.6 is 0 Å². The smallest absolute Gasteiger partial charge is 0.120 e. The summed E-state index contributed by atoms with van der Waals surface area (Å²) in [6.45, 7) is 8.31. The van der Waals surface area contributed by atoms with E-state index in [0.29, 0.717) is 5.92 Å². The van der Waals surface area contributed by atoms with Crippen LogP contribution in [0.5, 0.6) is 0 Å². The highest BCUT2D eigenvalue weighted by atomic mass is 16.3. The Kier molecular flexibility index (Phi) is 4.36. The van der Waals surface area contributed by atoms with Gasteiger partial charge in [-0.3, -0.25) is 0 Å². The van der Waals surface area contributed by atoms with Crippen LogP contribution in [0.1, 0.15) is 38.3 Å². The van der Waals surface area contributed by atoms with E-state index in [1.165, 1.54) is 0 Å². The van der Waals surface area contributed by atoms with E-state index in [2.05, 4.69) is 19.2 Å². The van der Waals surface area contributed by atoms with Gasteiger partial charge in [-0.25, -0.2) is 0 Å². The quantitative estimate of drug-likeness (QED) is 0.785. The summed E-state index contributed by atoms with van der Waals surface area (Å²) >= 11 is 0. The molecule has 0 aromatic carbocycles. The predicted molar refractivity (Wildman–Crippen MR) is 60.7 cm³/mol. The molecule has 0 saturated carbocycles. The van der Waals surface area contributed by atoms with E-state index >= 15 is 0 Å². The molecule has 0 aliphatic heterocycles. The Bertz CT molecular complexity index is 294. The summed E-state index contributed by atoms with van der Waals surface area (Å²) in [6, 6.07) is 4.18. The maximum atomic E-state index is 9.20. The summed E-state index contributed by atoms with van der Waals surface area (Å²) in [7, 11) is 0. The fourth-order valence-electron chi connectivity index (χ4n) is 1.55. The highest BCUT2D eigenvalue weighted by Gasteiger charge is 2.17. The van der Waals surface area contributed by atoms with Gasteiger partial charge in [-0.1, -0.05) is 13.8 Å². The van der Waals surface area contributed by atoms with Crippen LogP contribution in [0.3, 0.4) is 0 Å². The van der Waals surface area contributed by atoms with Crippen molar-refractivity contribution in [3.05, 3.63) is 23.7 Å². The summed E-state index contributed by atoms with van der Waals surface area (Å²) in [5.41, 5.74) is 0. The van der Waals surface area contributed by atoms with E-state index in [-0.39, 0.29) is 18.7 Å². The fraction of sp³-hybridized carbons (Fsp3) is 0.667. The zero-order chi connectivity index (χ0) is 11.4. The third kappa shape index (κ3) is 3.36. The van der Waals surface area contributed by atoms with Crippen LogP contribution < -0.4 is 5.32 Å². The average molecular weight is 211 g/mol. The lowest BCUT2D eigenvalue weighted by molar-refractivity contribution is 0.196. The molecule has 0 fully saturated rings. The Balaban J connectivity index is 2.58. The zero-order valence-corrected chi connectivity index (χ0v) is 9.95. The molecule has 1 aromatic rings. The van der Waals surface area contributed by atoms with E-state index in [4.69, 9.17) is 4.42 Å². The van der Waals surface area contributed by atoms with Gasteiger partial charge < -0.3 is 14.8 Å². The molecule has 0 radical (unpaired) electrons. The molecular formula is C12H21NO2. The first-order valence-electron chi connectivity index (χ1n) is 5.47. The van der Waals surface area contributed by atoms with Crippen LogP contribution in [0.25, 0.3) is 0 Å². The zero-order valence-electron chi connectivity index (χ0n) is 9.95. The van der Waals surface area contributed by atoms with Gasteiger partial charge >= 0.3 is 0 Å². The van der Waals surface area contributed by atoms with Crippen molar-refractivity contribution in [2.75, 3.05) is 6.61 Å². The first-order valence-corrected chi connectivity index (χ1v) is 5.47. The molecule has 0 saturated heterocycles. The largest absolute Gasteiger partial charge is 0.465 e. The minimum absolute atomic E-state index is 0.116. The normalized spacial score (nSPS) is 15.6. The molecule has 0 aliphatic rings. The first kappa shape index (κ1) is 12.3. The average Bonchev–Trinajstić information content (AvgIpc) is 2.60. The molecular weight excluding hydrogens is 190 g/mol. The highest BCUT2D eigenvalue weighted by Crippen LogP contribution is 2.17. The van der Waals surface area contributed by atoms with Gasteiger partial charge in [0, 0.05) is 6.04 Å². The molecule has 2 atom stereocenters. The Labute approximate surface area is 91.5 Å². The molecule has 0 amide bonds. The van der Waals surface area contributed by atoms with Gasteiger partial charge in [-0.05, 0) is 31.9 Å². The predicted octanol–water partition coefficient (Wildman–Crippen LogP) is 2.26. The SMILES string of the molecule is Cc1ccc(C(C)NC(CO)C(C)C)o1. The second-order valence-electron chi connectivity index (χ2n) is 4.37. The van der Waals surface area contributed by atoms with Crippen molar-refractivity contribution in [2.45, 2.75) is 39.8 Å². The third-order valence-corrected chi connectivity index (χ3v) is 2.65. The molecule has 86 valence electrons. The van der Waals surface area contributed by atoms with E-state index in [0.717, 1.165) is 11.5 Å². The van der Waals surface area contributed by atoms with Crippen molar-refractivity contribution in [3.63, 3.8) is 0 Å². The number of rotatable bonds is 5. The third-order valence-electron chi connectivity index (χ3n) is 2.65. The van der Waals surface area contributed by atoms with Crippen LogP contribution in [0.15, 0.2) is 16.5 Å². The van der Waals surface area contributed by atoms with Crippen molar-refractivity contribution < 1.29 is 9.52 Å². The number of aliphatic hydroxyl groups excluding tert-OH is 1. The van der Waals surface area contributed by atoms with E-state index in [1.807, 2.05) is 26.0 Å². The number of aryl methyl sites for hydroxylation is 1. The monoisotopic (exact) mass is 211 g/mol. The minimum Gasteiger partial charge on any atom is -0.465 e. The molecule has 3 heteroatoms. The molecule has 3 nitrogen and oxygen atoms in total. The van der Waals surface area contributed by atoms with Crippen molar-refractivity contribution in [1.29, 1.82) is 0 Å². The van der Waals surface area contributed by atoms with Gasteiger partial charge in [0.1, 0.15) is 11.5 Å². The maximum Gasteiger partial charge on any atom is 0.120 e. The fourth-order valence-corrected chi connectivity index (χ4v) is 1.55. The molecule has 0 bridgehead atoms. The molecule has 1 heterocycles. The number of furan rings is 1. The lowest BCUT2D eigenvalue weighted by Gasteiger charge is -2.23. The van der Waals surface area contributed by atoms with Gasteiger partial charge in [0.2, 0.25) is 0 Å². The van der Waals surface area contributed by atoms with Crippen molar-refractivity contribution in [3.8, 4) is 0 Å². The van der Waals surface area contributed by atoms with E-state index in [1.54, 1.807) is 0 Å². The Morgan fingerprint density at radius 1 is 1.33 bits per heavy atom. The standard InChI is InChI=1S/C12H21NO2/c1-8(2)11(7-14)13-10(4)12-6-5-9(3)15-12/h5-6,8,10-11,13-14H,7H2,1-4H3. The van der Waals surface area contributed by atoms with Crippen LogP contribution in [0.2, 0.25) is 0 Å². The summed E-state index contributed by atoms with van der Waals surface area (Å²) < 4.78 is 5.53. The lowest BCUT2D eigenvalue weighted by Crippen LogP contribution is -2.38. The number of nitrogens with one attached hydrogen (secondary N) is 1. The van der Waals surface area contributed by atoms with E-state index < -0.39 is 0 Å². The van der Waals surface area contributed by atoms with Crippen LogP contribution in [-0.4, -0.2) is 17.8 Å². The maximum absolute atomic E-state index is 9.20. The molecule has 0 aliphatic carbocycles. The molecule has 0 spiro atoms. The summed E-state index contributed by atoms with van der Waals surface area (Å²) in [6.07, 6.45) is 0. The van der Waals surface area contributed by atoms with Crippen molar-refractivity contribution >= 4 is 0 Å². The second-order valence-corrected chi connectivity index (χ2v) is 4.37. The Morgan fingerprint density at radius 2 is 2.00 bits per heavy atom. The van der Waals surface area contributed by atoms with E-state index in [9.17, 15) is 5.11 Å². The minimum atomic E-state index is 0.116. The summed E-state index contributed by atoms with van der Waals surface area (Å²) in [5.74, 6) is 2.25. The van der Waals surface area contributed by atoms with Crippen molar-refractivity contribution in [1.82, 2.24) is 5.32 Å². The lowest BCUT2D eigenvalue weighted by atomic mass is 10.0. The van der Waals surface area contributed by atoms with Crippen LogP contribution in [-0.2, 0) is 0 Å². The van der Waals surface area contributed by atoms with Crippen molar-refractivity contribution in [2.24, 2.45) is 5.92 Å². The van der Waals surface area contributed by atoms with Gasteiger partial charge in [0.15, 0.2) is 0 Å². The number of hydrogen-bond donors (Lipinski definition) is 2. The number of hydrogen-bond acceptors (Lipinski definition) is 3. The van der Waals surface area contributed by atoms with Gasteiger partial charge in [-0.15, -0.1) is 0 Å².